The Bertz CT molecular complexity index is 1860. The Morgan fingerprint density at radius 1 is 0.953 bits per heavy atom. The van der Waals surface area contributed by atoms with Gasteiger partial charge in [-0.25, -0.2) is 14.8 Å². The average Bonchev–Trinajstić information content (AvgIpc) is 3.61. The molecule has 1 aromatic heterocycles. The zero-order valence-corrected chi connectivity index (χ0v) is 22.4. The number of hydrogen-bond acceptors (Lipinski definition) is 10. The van der Waals surface area contributed by atoms with Crippen LogP contribution in [-0.2, 0) is 27.0 Å². The number of amides is 3. The monoisotopic (exact) mass is 579 g/mol. The van der Waals surface area contributed by atoms with Gasteiger partial charge in [-0.2, -0.15) is 5.10 Å². The number of hydroxylamine groups is 2. The number of carbonyl (C=O) groups excluding carboxylic acids is 4. The summed E-state index contributed by atoms with van der Waals surface area (Å²) in [6, 6.07) is 13.0. The van der Waals surface area contributed by atoms with Crippen LogP contribution in [0.2, 0.25) is 0 Å². The number of fused-ring (bicyclic) bond motifs is 6. The zero-order chi connectivity index (χ0) is 30.0. The quantitative estimate of drug-likeness (QED) is 0.273. The van der Waals surface area contributed by atoms with Crippen molar-refractivity contribution in [2.75, 3.05) is 0 Å². The number of aromatic nitrogens is 2. The van der Waals surface area contributed by atoms with E-state index in [0.717, 1.165) is 0 Å². The summed E-state index contributed by atoms with van der Waals surface area (Å²) < 4.78 is 7.79. The van der Waals surface area contributed by atoms with Crippen molar-refractivity contribution in [1.82, 2.24) is 19.6 Å². The first-order valence-corrected chi connectivity index (χ1v) is 13.1. The Labute approximate surface area is 242 Å². The molecular formula is C30H21N5O8. The van der Waals surface area contributed by atoms with E-state index in [1.165, 1.54) is 53.7 Å². The van der Waals surface area contributed by atoms with E-state index < -0.39 is 29.2 Å². The highest BCUT2D eigenvalue weighted by atomic mass is 16.7. The van der Waals surface area contributed by atoms with E-state index in [2.05, 4.69) is 10.1 Å². The molecule has 0 unspecified atom stereocenters. The minimum Gasteiger partial charge on any atom is -0.508 e. The molecule has 0 atom stereocenters. The maximum Gasteiger partial charge on any atom is 0.363 e. The molecule has 3 aliphatic rings. The van der Waals surface area contributed by atoms with Gasteiger partial charge in [0.05, 0.1) is 11.8 Å². The zero-order valence-electron chi connectivity index (χ0n) is 22.4. The minimum atomic E-state index is -1.56. The highest BCUT2D eigenvalue weighted by molar-refractivity contribution is 6.05. The van der Waals surface area contributed by atoms with Gasteiger partial charge in [0.2, 0.25) is 0 Å². The molecule has 214 valence electrons. The maximum atomic E-state index is 14.1. The fourth-order valence-corrected chi connectivity index (χ4v) is 5.65. The molecule has 1 spiro atoms. The molecule has 3 aromatic carbocycles. The van der Waals surface area contributed by atoms with Crippen LogP contribution < -0.4 is 4.74 Å². The number of nitrogens with zero attached hydrogens (tertiary/aromatic N) is 5. The topological polar surface area (TPSA) is 164 Å². The Kier molecular flexibility index (Phi) is 5.60. The predicted octanol–water partition coefficient (Wildman–Crippen LogP) is 2.94. The molecule has 0 bridgehead atoms. The molecule has 1 fully saturated rings. The van der Waals surface area contributed by atoms with Crippen LogP contribution >= 0.6 is 0 Å². The van der Waals surface area contributed by atoms with Crippen LogP contribution in [0.25, 0.3) is 0 Å². The van der Waals surface area contributed by atoms with Crippen molar-refractivity contribution in [2.45, 2.75) is 18.4 Å². The summed E-state index contributed by atoms with van der Waals surface area (Å²) in [5, 5.41) is 26.9. The van der Waals surface area contributed by atoms with E-state index in [4.69, 9.17) is 9.57 Å². The number of hydrogen-bond donors (Lipinski definition) is 2. The normalized spacial score (nSPS) is 16.4. The molecule has 2 N–H and O–H groups in total. The van der Waals surface area contributed by atoms with Crippen molar-refractivity contribution in [3.63, 3.8) is 0 Å². The number of phenolic OH excluding ortho intramolecular Hbond substituents is 2. The summed E-state index contributed by atoms with van der Waals surface area (Å²) >= 11 is 0. The Hall–Kier alpha value is -5.98. The lowest BCUT2D eigenvalue weighted by atomic mass is 9.75. The maximum absolute atomic E-state index is 14.1. The molecule has 13 heteroatoms. The van der Waals surface area contributed by atoms with Crippen molar-refractivity contribution in [2.24, 2.45) is 12.1 Å². The standard InChI is InChI=1S/C30H21N5O8/c1-33-11-10-31-25(33)15-32-35-28(40)19-5-2-16(29(41)43-34-26(38)8-9-27(34)39)12-22(19)30(35)20-6-3-17(36)13-23(20)42-24-14-18(37)4-7-21(24)30/h2-7,10-15,36-37H,8-9H2,1H3/b32-15+. The molecule has 3 amide bonds. The van der Waals surface area contributed by atoms with Gasteiger partial charge in [0.15, 0.2) is 5.82 Å². The second-order valence-corrected chi connectivity index (χ2v) is 10.2. The number of ether oxygens (including phenoxy) is 1. The SMILES string of the molecule is Cn1ccnc1/C=N/N1C(=O)c2ccc(C(=O)ON3C(=O)CCC3=O)cc2C12c1ccc(O)cc1Oc1cc(O)ccc12. The number of aromatic hydroxyl groups is 2. The van der Waals surface area contributed by atoms with Crippen molar-refractivity contribution in [3.8, 4) is 23.0 Å². The number of benzene rings is 3. The Balaban J connectivity index is 1.47. The average molecular weight is 580 g/mol. The first-order chi connectivity index (χ1) is 20.7. The van der Waals surface area contributed by atoms with Gasteiger partial charge >= 0.3 is 5.97 Å². The number of imide groups is 1. The van der Waals surface area contributed by atoms with Crippen LogP contribution in [0.1, 0.15) is 56.1 Å². The molecule has 0 radical (unpaired) electrons. The number of aryl methyl sites for hydroxylation is 1. The number of phenols is 2. The third-order valence-corrected chi connectivity index (χ3v) is 7.64. The highest BCUT2D eigenvalue weighted by Gasteiger charge is 2.57. The van der Waals surface area contributed by atoms with Gasteiger partial charge in [-0.05, 0) is 42.5 Å². The van der Waals surface area contributed by atoms with Crippen molar-refractivity contribution >= 4 is 29.9 Å². The molecule has 1 saturated heterocycles. The van der Waals surface area contributed by atoms with Crippen LogP contribution in [0.15, 0.2) is 72.1 Å². The molecule has 7 rings (SSSR count). The van der Waals surface area contributed by atoms with Gasteiger partial charge in [-0.1, -0.05) is 0 Å². The molecule has 13 nitrogen and oxygen atoms in total. The number of imidazole rings is 1. The molecule has 4 heterocycles. The fourth-order valence-electron chi connectivity index (χ4n) is 5.65. The van der Waals surface area contributed by atoms with E-state index in [9.17, 15) is 29.4 Å². The van der Waals surface area contributed by atoms with Gasteiger partial charge in [0.1, 0.15) is 28.5 Å². The van der Waals surface area contributed by atoms with Crippen molar-refractivity contribution in [3.05, 3.63) is 101 Å². The second kappa shape index (κ2) is 9.27. The summed E-state index contributed by atoms with van der Waals surface area (Å²) in [5.74, 6) is -2.18. The predicted molar refractivity (Wildman–Crippen MR) is 146 cm³/mol. The molecule has 3 aliphatic heterocycles. The third kappa shape index (κ3) is 3.78. The molecular weight excluding hydrogens is 558 g/mol. The lowest BCUT2D eigenvalue weighted by Crippen LogP contribution is -2.44. The molecule has 0 aliphatic carbocycles. The van der Waals surface area contributed by atoms with E-state index >= 15 is 0 Å². The van der Waals surface area contributed by atoms with Crippen molar-refractivity contribution < 1.29 is 39.0 Å². The van der Waals surface area contributed by atoms with Gasteiger partial charge in [-0.3, -0.25) is 14.4 Å². The summed E-state index contributed by atoms with van der Waals surface area (Å²) in [6.45, 7) is 0. The first-order valence-electron chi connectivity index (χ1n) is 13.1. The highest BCUT2D eigenvalue weighted by Crippen LogP contribution is 2.58. The van der Waals surface area contributed by atoms with Gasteiger partial charge in [-0.15, -0.1) is 5.06 Å². The van der Waals surface area contributed by atoms with Gasteiger partial charge < -0.3 is 24.4 Å². The van der Waals surface area contributed by atoms with Crippen LogP contribution in [0.3, 0.4) is 0 Å². The van der Waals surface area contributed by atoms with E-state index in [1.807, 2.05) is 0 Å². The summed E-state index contributed by atoms with van der Waals surface area (Å²) in [7, 11) is 1.77. The van der Waals surface area contributed by atoms with Crippen LogP contribution in [0.4, 0.5) is 0 Å². The Morgan fingerprint density at radius 2 is 1.60 bits per heavy atom. The number of carbonyl (C=O) groups is 4. The molecule has 0 saturated carbocycles. The lowest BCUT2D eigenvalue weighted by Gasteiger charge is -2.41. The van der Waals surface area contributed by atoms with Crippen LogP contribution in [-0.4, -0.2) is 59.7 Å². The van der Waals surface area contributed by atoms with E-state index in [0.29, 0.717) is 27.6 Å². The van der Waals surface area contributed by atoms with Crippen LogP contribution in [0, 0.1) is 0 Å². The second-order valence-electron chi connectivity index (χ2n) is 10.2. The summed E-state index contributed by atoms with van der Waals surface area (Å²) in [6.07, 6.45) is 4.58. The smallest absolute Gasteiger partial charge is 0.363 e. The lowest BCUT2D eigenvalue weighted by molar-refractivity contribution is -0.172. The van der Waals surface area contributed by atoms with Gasteiger partial charge in [0.25, 0.3) is 17.7 Å². The van der Waals surface area contributed by atoms with Crippen molar-refractivity contribution in [1.29, 1.82) is 0 Å². The van der Waals surface area contributed by atoms with Crippen LogP contribution in [0.5, 0.6) is 23.0 Å². The minimum absolute atomic E-state index is 0.0412. The van der Waals surface area contributed by atoms with E-state index in [-0.39, 0.29) is 47.0 Å². The summed E-state index contributed by atoms with van der Waals surface area (Å²) in [4.78, 5) is 61.0. The molecule has 4 aromatic rings. The fraction of sp³-hybridized carbons (Fsp3) is 0.133. The van der Waals surface area contributed by atoms with Gasteiger partial charge in [0, 0.05) is 66.7 Å². The largest absolute Gasteiger partial charge is 0.508 e. The van der Waals surface area contributed by atoms with E-state index in [1.54, 1.807) is 36.1 Å². The summed E-state index contributed by atoms with van der Waals surface area (Å²) in [5.41, 5.74) is -0.285. The first kappa shape index (κ1) is 26.0. The Morgan fingerprint density at radius 3 is 2.21 bits per heavy atom. The number of hydrazone groups is 1. The third-order valence-electron chi connectivity index (χ3n) is 7.64. The number of rotatable bonds is 4. The molecule has 43 heavy (non-hydrogen) atoms.